The van der Waals surface area contributed by atoms with Crippen LogP contribution in [0.15, 0.2) is 170 Å². The van der Waals surface area contributed by atoms with Crippen LogP contribution in [0.1, 0.15) is 111 Å². The van der Waals surface area contributed by atoms with Gasteiger partial charge in [0.1, 0.15) is 5.82 Å². The molecule has 1 N–H and O–H groups in total. The molecule has 11 aromatic rings. The molecule has 0 spiro atoms. The molecular weight excluding hydrogens is 885 g/mol. The molecule has 0 unspecified atom stereocenters. The predicted octanol–water partition coefficient (Wildman–Crippen LogP) is 19.0. The number of aromatic amines is 1. The Labute approximate surface area is 432 Å². The lowest BCUT2D eigenvalue weighted by atomic mass is 9.83. The van der Waals surface area contributed by atoms with Crippen molar-refractivity contribution < 1.29 is 0 Å². The number of nitrogens with zero attached hydrogens (tertiary/aromatic N) is 3. The number of para-hydroxylation sites is 1. The lowest BCUT2D eigenvalue weighted by Gasteiger charge is -2.23. The molecule has 0 saturated heterocycles. The third kappa shape index (κ3) is 8.65. The number of H-pyrrole nitrogens is 1. The van der Waals surface area contributed by atoms with E-state index in [-0.39, 0.29) is 21.7 Å². The van der Waals surface area contributed by atoms with Gasteiger partial charge in [-0.25, -0.2) is 4.98 Å². The first-order chi connectivity index (χ1) is 34.6. The largest absolute Gasteiger partial charge is 0.354 e. The smallest absolute Gasteiger partial charge is 0.145 e. The highest BCUT2D eigenvalue weighted by Gasteiger charge is 2.27. The van der Waals surface area contributed by atoms with Crippen molar-refractivity contribution in [2.45, 2.75) is 112 Å². The Hall–Kier alpha value is -7.56. The van der Waals surface area contributed by atoms with Crippen LogP contribution < -0.4 is 0 Å². The number of rotatable bonds is 6. The lowest BCUT2D eigenvalue weighted by Crippen LogP contribution is -2.12. The van der Waals surface area contributed by atoms with Gasteiger partial charge in [-0.3, -0.25) is 9.55 Å². The summed E-state index contributed by atoms with van der Waals surface area (Å²) in [5.74, 6) is 0.872. The maximum atomic E-state index is 5.98. The molecule has 3 aromatic heterocycles. The van der Waals surface area contributed by atoms with E-state index in [0.717, 1.165) is 89.2 Å². The molecule has 0 fully saturated rings. The van der Waals surface area contributed by atoms with Crippen LogP contribution in [0.25, 0.3) is 105 Å². The van der Waals surface area contributed by atoms with E-state index >= 15 is 0 Å². The van der Waals surface area contributed by atoms with Crippen molar-refractivity contribution in [2.24, 2.45) is 0 Å². The second-order valence-corrected chi connectivity index (χ2v) is 24.6. The highest BCUT2D eigenvalue weighted by atomic mass is 15.1. The minimum Gasteiger partial charge on any atom is -0.354 e. The van der Waals surface area contributed by atoms with Crippen molar-refractivity contribution in [3.8, 4) is 61.6 Å². The van der Waals surface area contributed by atoms with Gasteiger partial charge in [0.25, 0.3) is 0 Å². The van der Waals surface area contributed by atoms with Crippen molar-refractivity contribution in [3.63, 3.8) is 0 Å². The first-order valence-electron chi connectivity index (χ1n) is 26.1. The Kier molecular flexibility index (Phi) is 11.3. The third-order valence-electron chi connectivity index (χ3n) is 15.1. The van der Waals surface area contributed by atoms with E-state index in [0.29, 0.717) is 0 Å². The minimum absolute atomic E-state index is 0.0103. The second-order valence-electron chi connectivity index (χ2n) is 24.6. The molecule has 0 saturated carbocycles. The molecular formula is C69H68N4. The molecule has 8 aromatic carbocycles. The number of benzene rings is 8. The number of aryl methyl sites for hydroxylation is 1. The zero-order valence-electron chi connectivity index (χ0n) is 45.0. The zero-order chi connectivity index (χ0) is 51.4. The van der Waals surface area contributed by atoms with E-state index in [1.165, 1.54) is 44.0 Å². The molecule has 4 nitrogen and oxygen atoms in total. The van der Waals surface area contributed by atoms with Gasteiger partial charge in [0, 0.05) is 55.7 Å². The van der Waals surface area contributed by atoms with Gasteiger partial charge in [-0.1, -0.05) is 168 Å². The number of nitrogens with one attached hydrogen (secondary N) is 1. The van der Waals surface area contributed by atoms with E-state index in [4.69, 9.17) is 9.97 Å². The number of hydrogen-bond acceptors (Lipinski definition) is 2. The first kappa shape index (κ1) is 47.7. The normalized spacial score (nSPS) is 12.7. The molecule has 364 valence electrons. The van der Waals surface area contributed by atoms with E-state index < -0.39 is 0 Å². The Balaban J connectivity index is 1.28. The van der Waals surface area contributed by atoms with Gasteiger partial charge in [0.15, 0.2) is 0 Å². The second kappa shape index (κ2) is 17.3. The molecule has 0 amide bonds. The number of aromatic nitrogens is 4. The molecule has 0 radical (unpaired) electrons. The minimum atomic E-state index is -0.109. The van der Waals surface area contributed by atoms with Crippen molar-refractivity contribution in [1.29, 1.82) is 0 Å². The van der Waals surface area contributed by atoms with Gasteiger partial charge in [0.2, 0.25) is 0 Å². The summed E-state index contributed by atoms with van der Waals surface area (Å²) in [6.07, 6.45) is 1.95. The third-order valence-corrected chi connectivity index (χ3v) is 15.1. The summed E-state index contributed by atoms with van der Waals surface area (Å²) in [5, 5.41) is 3.66. The average molecular weight is 953 g/mol. The molecule has 11 rings (SSSR count). The van der Waals surface area contributed by atoms with Gasteiger partial charge in [-0.15, -0.1) is 0 Å². The number of fused-ring (bicyclic) bond motifs is 5. The van der Waals surface area contributed by atoms with Gasteiger partial charge in [-0.05, 0) is 158 Å². The van der Waals surface area contributed by atoms with Crippen LogP contribution in [0.2, 0.25) is 0 Å². The van der Waals surface area contributed by atoms with Crippen molar-refractivity contribution in [2.75, 3.05) is 0 Å². The maximum absolute atomic E-state index is 5.98. The highest BCUT2D eigenvalue weighted by Crippen LogP contribution is 2.46. The van der Waals surface area contributed by atoms with E-state index in [1.54, 1.807) is 0 Å². The first-order valence-corrected chi connectivity index (χ1v) is 26.1. The number of imidazole rings is 1. The molecule has 3 heterocycles. The molecule has 0 aliphatic carbocycles. The summed E-state index contributed by atoms with van der Waals surface area (Å²) in [4.78, 5) is 15.0. The van der Waals surface area contributed by atoms with Crippen LogP contribution in [0.5, 0.6) is 0 Å². The predicted molar refractivity (Wildman–Crippen MR) is 312 cm³/mol. The SMILES string of the molecule is Cc1ccnc2c(-c3cc(-c4ccccc4)cc(-c4nc5c(-c6cc(C(C)(C)C)cc7c6[nH]c6ccc(C(C)(C)C)cc67)cccc5n4-c4ccc(C(C)(C)C)cc4-c4ccccc4)c3)cc(C(C)(C)C)cc12. The van der Waals surface area contributed by atoms with Crippen LogP contribution in [-0.2, 0) is 21.7 Å². The Morgan fingerprint density at radius 2 is 0.959 bits per heavy atom. The van der Waals surface area contributed by atoms with Crippen LogP contribution in [-0.4, -0.2) is 19.5 Å². The Bertz CT molecular complexity index is 3930. The molecule has 0 atom stereocenters. The Morgan fingerprint density at radius 1 is 0.397 bits per heavy atom. The summed E-state index contributed by atoms with van der Waals surface area (Å²) < 4.78 is 2.44. The van der Waals surface area contributed by atoms with Gasteiger partial charge < -0.3 is 4.98 Å². The van der Waals surface area contributed by atoms with Crippen molar-refractivity contribution >= 4 is 43.7 Å². The standard InChI is InChI=1S/C69H68N4/c1-42-31-32-70-62-53(42)38-50(68(8,9)10)39-55(62)46-33-45(43-21-16-14-17-22-43)34-47(35-46)65-72-64-52(57-40-51(69(11,12)13)41-58-56-37-48(66(2,3)4)27-29-59(56)71-63(57)58)25-20-26-61(64)73(65)60-30-28-49(67(5,6)7)36-54(60)44-23-18-15-19-24-44/h14-41,71H,1-13H3. The van der Waals surface area contributed by atoms with Crippen LogP contribution in [0.4, 0.5) is 0 Å². The fourth-order valence-corrected chi connectivity index (χ4v) is 10.7. The highest BCUT2D eigenvalue weighted by molar-refractivity contribution is 6.14. The van der Waals surface area contributed by atoms with Gasteiger partial charge >= 0.3 is 0 Å². The lowest BCUT2D eigenvalue weighted by molar-refractivity contribution is 0.590. The van der Waals surface area contributed by atoms with Gasteiger partial charge in [-0.2, -0.15) is 0 Å². The molecule has 0 aliphatic rings. The average Bonchev–Trinajstić information content (AvgIpc) is 3.94. The summed E-state index contributed by atoms with van der Waals surface area (Å²) in [5.41, 5.74) is 22.5. The summed E-state index contributed by atoms with van der Waals surface area (Å²) in [6, 6.07) is 61.2. The monoisotopic (exact) mass is 953 g/mol. The maximum Gasteiger partial charge on any atom is 0.145 e. The van der Waals surface area contributed by atoms with Gasteiger partial charge in [0.05, 0.1) is 27.8 Å². The Morgan fingerprint density at radius 3 is 1.63 bits per heavy atom. The molecule has 0 aliphatic heterocycles. The van der Waals surface area contributed by atoms with E-state index in [9.17, 15) is 0 Å². The van der Waals surface area contributed by atoms with Crippen LogP contribution in [0, 0.1) is 6.92 Å². The molecule has 4 heteroatoms. The topological polar surface area (TPSA) is 46.5 Å². The van der Waals surface area contributed by atoms with Crippen molar-refractivity contribution in [3.05, 3.63) is 198 Å². The fourth-order valence-electron chi connectivity index (χ4n) is 10.7. The fraction of sp³-hybridized carbons (Fsp3) is 0.246. The summed E-state index contributed by atoms with van der Waals surface area (Å²) in [6.45, 7) is 29.8. The number of pyridine rings is 1. The zero-order valence-corrected chi connectivity index (χ0v) is 45.0. The summed E-state index contributed by atoms with van der Waals surface area (Å²) in [7, 11) is 0. The molecule has 0 bridgehead atoms. The summed E-state index contributed by atoms with van der Waals surface area (Å²) >= 11 is 0. The van der Waals surface area contributed by atoms with E-state index in [2.05, 4.69) is 263 Å². The van der Waals surface area contributed by atoms with Crippen LogP contribution in [0.3, 0.4) is 0 Å². The number of hydrogen-bond donors (Lipinski definition) is 1. The van der Waals surface area contributed by atoms with Crippen LogP contribution >= 0.6 is 0 Å². The quantitative estimate of drug-likeness (QED) is 0.181. The van der Waals surface area contributed by atoms with E-state index in [1.807, 2.05) is 6.20 Å². The molecule has 73 heavy (non-hydrogen) atoms. The van der Waals surface area contributed by atoms with Crippen molar-refractivity contribution in [1.82, 2.24) is 19.5 Å².